The normalized spacial score (nSPS) is 23.4. The third-order valence-electron chi connectivity index (χ3n) is 4.99. The van der Waals surface area contributed by atoms with Crippen LogP contribution >= 0.6 is 29.8 Å². The molecule has 1 saturated heterocycles. The van der Waals surface area contributed by atoms with Gasteiger partial charge >= 0.3 is 18.3 Å². The molecule has 3 N–H and O–H groups in total. The summed E-state index contributed by atoms with van der Waals surface area (Å²) in [5.41, 5.74) is -2.31. The van der Waals surface area contributed by atoms with E-state index in [0.29, 0.717) is 16.5 Å². The number of para-hydroxylation sites is 1. The molecule has 2 aromatic rings. The van der Waals surface area contributed by atoms with E-state index in [4.69, 9.17) is 53.5 Å². The lowest BCUT2D eigenvalue weighted by Gasteiger charge is -2.28. The summed E-state index contributed by atoms with van der Waals surface area (Å²) >= 11 is 18.1. The predicted molar refractivity (Wildman–Crippen MR) is 137 cm³/mol. The Labute approximate surface area is 226 Å². The maximum Gasteiger partial charge on any atom is 0.330 e. The van der Waals surface area contributed by atoms with Gasteiger partial charge in [0.15, 0.2) is 10.6 Å². The predicted octanol–water partition coefficient (Wildman–Crippen LogP) is 2.36. The number of hydrogen-bond donors (Lipinski definition) is 3. The number of H-pyrrole nitrogens is 1. The minimum absolute atomic E-state index is 0.341. The van der Waals surface area contributed by atoms with Gasteiger partial charge in [0.05, 0.1) is 18.9 Å². The Morgan fingerprint density at radius 2 is 1.97 bits per heavy atom. The number of carbonyl (C=O) groups is 1. The van der Waals surface area contributed by atoms with Gasteiger partial charge in [0.1, 0.15) is 24.0 Å². The van der Waals surface area contributed by atoms with Gasteiger partial charge < -0.3 is 23.6 Å². The summed E-state index contributed by atoms with van der Waals surface area (Å²) in [4.78, 5) is 37.7. The van der Waals surface area contributed by atoms with Gasteiger partial charge in [-0.05, 0) is 44.7 Å². The summed E-state index contributed by atoms with van der Waals surface area (Å²) in [7, 11) is 0. The highest BCUT2D eigenvalue weighted by Gasteiger charge is 2.56. The molecule has 5 atom stereocenters. The number of nitrogens with one attached hydrogen (secondary N) is 2. The number of carbonyl (C=O) groups excluding carboxylic acids is 1. The maximum absolute atomic E-state index is 13.8. The molecule has 1 fully saturated rings. The van der Waals surface area contributed by atoms with Gasteiger partial charge in [-0.2, -0.15) is 4.39 Å². The number of alkyl halides is 2. The molecule has 1 aliphatic rings. The summed E-state index contributed by atoms with van der Waals surface area (Å²) < 4.78 is 34.8. The van der Waals surface area contributed by atoms with Crippen molar-refractivity contribution in [2.75, 3.05) is 6.61 Å². The summed E-state index contributed by atoms with van der Waals surface area (Å²) in [5.74, 6) is -1.55. The van der Waals surface area contributed by atoms with Crippen LogP contribution in [0.3, 0.4) is 0 Å². The van der Waals surface area contributed by atoms with Gasteiger partial charge in [0.2, 0.25) is 5.82 Å². The lowest BCUT2D eigenvalue weighted by Crippen LogP contribution is -2.42. The Hall–Kier alpha value is -1.83. The molecule has 0 spiro atoms. The number of esters is 1. The Balaban J connectivity index is 1.82. The number of nitrogens with zero attached hydrogens (tertiary/aromatic N) is 1. The number of aromatic nitrogens is 2. The van der Waals surface area contributed by atoms with Crippen LogP contribution in [0.4, 0.5) is 4.39 Å². The molecule has 1 aliphatic heterocycles. The van der Waals surface area contributed by atoms with Gasteiger partial charge in [0.25, 0.3) is 5.56 Å². The number of aliphatic hydroxyl groups excluding tert-OH is 1. The minimum Gasteiger partial charge on any atom is -0.462 e. The number of aliphatic hydroxyl groups is 1. The van der Waals surface area contributed by atoms with Crippen LogP contribution in [-0.2, 0) is 30.6 Å². The fourth-order valence-electron chi connectivity index (χ4n) is 3.25. The van der Waals surface area contributed by atoms with E-state index < -0.39 is 65.1 Å². The third-order valence-corrected chi connectivity index (χ3v) is 8.31. The van der Waals surface area contributed by atoms with Gasteiger partial charge in [-0.15, -0.1) is 0 Å². The fraction of sp³-hybridized carbons (Fsp3) is 0.476. The zero-order valence-corrected chi connectivity index (χ0v) is 23.0. The highest BCUT2D eigenvalue weighted by molar-refractivity contribution is 8.09. The van der Waals surface area contributed by atoms with Crippen molar-refractivity contribution >= 4 is 47.6 Å². The molecular formula is C21H25Cl2FN3O8PS. The number of aromatic amines is 1. The Bertz CT molecular complexity index is 1280. The van der Waals surface area contributed by atoms with E-state index in [2.05, 4.69) is 5.09 Å². The largest absolute Gasteiger partial charge is 0.462 e. The second-order valence-electron chi connectivity index (χ2n) is 8.32. The van der Waals surface area contributed by atoms with E-state index in [1.807, 2.05) is 0 Å². The van der Waals surface area contributed by atoms with Gasteiger partial charge in [-0.25, -0.2) is 9.88 Å². The quantitative estimate of drug-likeness (QED) is 0.212. The first-order valence-electron chi connectivity index (χ1n) is 10.9. The molecule has 0 aliphatic carbocycles. The Morgan fingerprint density at radius 3 is 2.59 bits per heavy atom. The van der Waals surface area contributed by atoms with Crippen molar-refractivity contribution in [2.45, 2.75) is 55.7 Å². The first-order chi connectivity index (χ1) is 17.2. The molecule has 37 heavy (non-hydrogen) atoms. The van der Waals surface area contributed by atoms with Gasteiger partial charge in [0, 0.05) is 0 Å². The first kappa shape index (κ1) is 29.7. The van der Waals surface area contributed by atoms with Crippen LogP contribution in [-0.4, -0.2) is 55.9 Å². The summed E-state index contributed by atoms with van der Waals surface area (Å²) in [6.45, 7) is 0.939. The molecule has 0 unspecified atom stereocenters. The second kappa shape index (κ2) is 11.9. The van der Waals surface area contributed by atoms with E-state index in [9.17, 15) is 23.9 Å². The van der Waals surface area contributed by atoms with Crippen LogP contribution in [0.5, 0.6) is 5.75 Å². The average Bonchev–Trinajstić information content (AvgIpc) is 3.03. The van der Waals surface area contributed by atoms with Crippen molar-refractivity contribution < 1.29 is 32.8 Å². The number of hydrogen-bond acceptors (Lipinski definition) is 9. The van der Waals surface area contributed by atoms with Crippen LogP contribution in [0.1, 0.15) is 27.0 Å². The zero-order valence-electron chi connectivity index (χ0n) is 19.8. The monoisotopic (exact) mass is 599 g/mol. The number of rotatable bonds is 10. The number of ether oxygens (including phenoxy) is 2. The minimum atomic E-state index is -3.50. The molecule has 0 amide bonds. The molecule has 3 rings (SSSR count). The van der Waals surface area contributed by atoms with Crippen LogP contribution in [0.25, 0.3) is 0 Å². The fourth-order valence-corrected chi connectivity index (χ4v) is 6.26. The molecule has 1 aromatic carbocycles. The molecule has 0 saturated carbocycles. The smallest absolute Gasteiger partial charge is 0.330 e. The summed E-state index contributed by atoms with van der Waals surface area (Å²) in [5, 5.41) is 13.5. The lowest BCUT2D eigenvalue weighted by atomic mass is 10.2. The Morgan fingerprint density at radius 1 is 1.32 bits per heavy atom. The maximum atomic E-state index is 13.8. The second-order valence-corrected chi connectivity index (χ2v) is 12.9. The zero-order chi connectivity index (χ0) is 27.5. The molecule has 1 aromatic heterocycles. The van der Waals surface area contributed by atoms with Crippen LogP contribution in [0, 0.1) is 5.82 Å². The van der Waals surface area contributed by atoms with Crippen molar-refractivity contribution in [1.29, 1.82) is 0 Å². The Kier molecular flexibility index (Phi) is 9.57. The molecule has 2 heterocycles. The van der Waals surface area contributed by atoms with E-state index >= 15 is 0 Å². The van der Waals surface area contributed by atoms with E-state index in [1.54, 1.807) is 49.2 Å². The number of benzene rings is 1. The standard InChI is InChI=1S/C21H25Cl2FN3O8PS/c1-11(2)33-18(30)12(3)26-36(37,35-13-7-5-4-6-8-13)32-10-15-16(28)21(22,23)19(34-15)27-9-14(24)17(29)25-20(27)31/h4-9,11-12,15-16,19,28H,10H2,1-3H3,(H,26,37)(H,25,29,31)/t12-,15+,16+,19+,36+/m0/s1. The molecule has 0 bridgehead atoms. The summed E-state index contributed by atoms with van der Waals surface area (Å²) in [6, 6.07) is 7.49. The highest BCUT2D eigenvalue weighted by atomic mass is 35.5. The van der Waals surface area contributed by atoms with Crippen molar-refractivity contribution in [3.63, 3.8) is 0 Å². The van der Waals surface area contributed by atoms with E-state index in [0.717, 1.165) is 0 Å². The summed E-state index contributed by atoms with van der Waals surface area (Å²) in [6.07, 6.45) is -4.33. The van der Waals surface area contributed by atoms with E-state index in [1.165, 1.54) is 6.92 Å². The third kappa shape index (κ3) is 7.18. The molecule has 204 valence electrons. The van der Waals surface area contributed by atoms with Crippen molar-refractivity contribution in [1.82, 2.24) is 14.6 Å². The number of halogens is 3. The topological polar surface area (TPSA) is 141 Å². The highest BCUT2D eigenvalue weighted by Crippen LogP contribution is 2.49. The first-order valence-corrected chi connectivity index (χ1v) is 14.3. The van der Waals surface area contributed by atoms with Crippen LogP contribution in [0.15, 0.2) is 46.1 Å². The SMILES string of the molecule is CC(C)OC(=O)[C@H](C)N[P@@](=S)(OC[C@H]1O[C@@H](n2cc(F)c(=O)[nH]c2=O)C(Cl)(Cl)[C@@H]1O)Oc1ccccc1. The molecular weight excluding hydrogens is 575 g/mol. The van der Waals surface area contributed by atoms with Crippen molar-refractivity contribution in [3.05, 3.63) is 63.2 Å². The average molecular weight is 600 g/mol. The molecule has 16 heteroatoms. The van der Waals surface area contributed by atoms with Crippen molar-refractivity contribution in [2.24, 2.45) is 0 Å². The van der Waals surface area contributed by atoms with E-state index in [-0.39, 0.29) is 6.10 Å². The van der Waals surface area contributed by atoms with Gasteiger partial charge in [-0.1, -0.05) is 41.4 Å². The van der Waals surface area contributed by atoms with Crippen LogP contribution in [0.2, 0.25) is 0 Å². The van der Waals surface area contributed by atoms with Gasteiger partial charge in [-0.3, -0.25) is 19.1 Å². The lowest BCUT2D eigenvalue weighted by molar-refractivity contribution is -0.149. The molecule has 0 radical (unpaired) electrons. The van der Waals surface area contributed by atoms with Crippen molar-refractivity contribution in [3.8, 4) is 5.75 Å². The van der Waals surface area contributed by atoms with Crippen LogP contribution < -0.4 is 20.9 Å². The molecule has 11 nitrogen and oxygen atoms in total.